The van der Waals surface area contributed by atoms with Crippen molar-refractivity contribution < 1.29 is 23.0 Å². The molecule has 6 heteroatoms. The van der Waals surface area contributed by atoms with E-state index in [0.29, 0.717) is 26.4 Å². The van der Waals surface area contributed by atoms with Gasteiger partial charge in [0, 0.05) is 12.7 Å². The summed E-state index contributed by atoms with van der Waals surface area (Å²) in [5.74, 6) is -1.05. The van der Waals surface area contributed by atoms with Crippen LogP contribution in [-0.2, 0) is 14.2 Å². The van der Waals surface area contributed by atoms with Gasteiger partial charge in [-0.05, 0) is 18.2 Å². The Labute approximate surface area is 111 Å². The number of benzene rings is 1. The van der Waals surface area contributed by atoms with E-state index >= 15 is 0 Å². The highest BCUT2D eigenvalue weighted by molar-refractivity contribution is 5.22. The molecule has 0 aliphatic heterocycles. The second-order valence-electron chi connectivity index (χ2n) is 3.95. The van der Waals surface area contributed by atoms with Crippen molar-refractivity contribution in [2.24, 2.45) is 5.73 Å². The van der Waals surface area contributed by atoms with Crippen LogP contribution in [0.15, 0.2) is 18.2 Å². The fourth-order valence-electron chi connectivity index (χ4n) is 1.46. The number of hydrogen-bond acceptors (Lipinski definition) is 4. The third kappa shape index (κ3) is 6.07. The predicted octanol–water partition coefficient (Wildman–Crippen LogP) is 1.64. The summed E-state index contributed by atoms with van der Waals surface area (Å²) < 4.78 is 41.6. The summed E-state index contributed by atoms with van der Waals surface area (Å²) in [6.45, 7) is 1.86. The van der Waals surface area contributed by atoms with Gasteiger partial charge in [-0.1, -0.05) is 0 Å². The Morgan fingerprint density at radius 1 is 1.11 bits per heavy atom. The van der Waals surface area contributed by atoms with Gasteiger partial charge in [-0.3, -0.25) is 0 Å². The minimum Gasteiger partial charge on any atom is -0.382 e. The molecule has 2 N–H and O–H groups in total. The highest BCUT2D eigenvalue weighted by atomic mass is 19.1. The van der Waals surface area contributed by atoms with Crippen molar-refractivity contribution in [1.82, 2.24) is 0 Å². The summed E-state index contributed by atoms with van der Waals surface area (Å²) in [6, 6.07) is 2.49. The molecule has 19 heavy (non-hydrogen) atoms. The van der Waals surface area contributed by atoms with E-state index in [2.05, 4.69) is 0 Å². The van der Waals surface area contributed by atoms with Gasteiger partial charge >= 0.3 is 0 Å². The molecule has 0 bridgehead atoms. The maximum Gasteiger partial charge on any atom is 0.128 e. The molecule has 0 fully saturated rings. The van der Waals surface area contributed by atoms with Crippen molar-refractivity contribution in [2.75, 3.05) is 40.1 Å². The summed E-state index contributed by atoms with van der Waals surface area (Å²) in [5, 5.41) is 0. The van der Waals surface area contributed by atoms with E-state index in [0.717, 1.165) is 18.2 Å². The normalized spacial score (nSPS) is 12.6. The number of rotatable bonds is 9. The SMILES string of the molecule is COCCOCCOCC(N)c1cc(F)ccc1F. The zero-order chi connectivity index (χ0) is 14.1. The third-order valence-corrected chi connectivity index (χ3v) is 2.46. The molecule has 0 spiro atoms. The third-order valence-electron chi connectivity index (χ3n) is 2.46. The van der Waals surface area contributed by atoms with Gasteiger partial charge in [0.2, 0.25) is 0 Å². The van der Waals surface area contributed by atoms with Crippen molar-refractivity contribution in [2.45, 2.75) is 6.04 Å². The molecule has 0 aromatic heterocycles. The minimum absolute atomic E-state index is 0.105. The molecule has 0 heterocycles. The standard InChI is InChI=1S/C13H19F2NO3/c1-17-4-5-18-6-7-19-9-13(16)11-8-10(14)2-3-12(11)15/h2-3,8,13H,4-7,9,16H2,1H3. The quantitative estimate of drug-likeness (QED) is 0.696. The van der Waals surface area contributed by atoms with Gasteiger partial charge in [0.05, 0.1) is 39.1 Å². The summed E-state index contributed by atoms with van der Waals surface area (Å²) in [6.07, 6.45) is 0. The molecule has 0 aliphatic rings. The highest BCUT2D eigenvalue weighted by Crippen LogP contribution is 2.16. The molecule has 0 saturated carbocycles. The Morgan fingerprint density at radius 3 is 2.53 bits per heavy atom. The Bertz CT molecular complexity index is 377. The van der Waals surface area contributed by atoms with Gasteiger partial charge in [0.15, 0.2) is 0 Å². The lowest BCUT2D eigenvalue weighted by atomic mass is 10.1. The summed E-state index contributed by atoms with van der Waals surface area (Å²) in [5.41, 5.74) is 5.85. The van der Waals surface area contributed by atoms with Crippen LogP contribution < -0.4 is 5.73 Å². The number of nitrogens with two attached hydrogens (primary N) is 1. The first kappa shape index (κ1) is 16.0. The van der Waals surface area contributed by atoms with E-state index < -0.39 is 17.7 Å². The van der Waals surface area contributed by atoms with Gasteiger partial charge in [-0.2, -0.15) is 0 Å². The first-order chi connectivity index (χ1) is 9.15. The first-order valence-corrected chi connectivity index (χ1v) is 6.00. The average molecular weight is 275 g/mol. The number of hydrogen-bond donors (Lipinski definition) is 1. The number of halogens is 2. The molecule has 1 unspecified atom stereocenters. The van der Waals surface area contributed by atoms with Gasteiger partial charge in [-0.25, -0.2) is 8.78 Å². The molecule has 0 amide bonds. The monoisotopic (exact) mass is 275 g/mol. The molecule has 108 valence electrons. The van der Waals surface area contributed by atoms with Gasteiger partial charge in [0.25, 0.3) is 0 Å². The molecule has 0 saturated heterocycles. The lowest BCUT2D eigenvalue weighted by Crippen LogP contribution is -2.20. The average Bonchev–Trinajstić information content (AvgIpc) is 2.40. The Morgan fingerprint density at radius 2 is 1.79 bits per heavy atom. The molecule has 1 aromatic carbocycles. The fourth-order valence-corrected chi connectivity index (χ4v) is 1.46. The van der Waals surface area contributed by atoms with Gasteiger partial charge in [0.1, 0.15) is 11.6 Å². The number of methoxy groups -OCH3 is 1. The van der Waals surface area contributed by atoms with Crippen LogP contribution >= 0.6 is 0 Å². The molecular formula is C13H19F2NO3. The maximum atomic E-state index is 13.4. The first-order valence-electron chi connectivity index (χ1n) is 6.00. The predicted molar refractivity (Wildman–Crippen MR) is 66.8 cm³/mol. The van der Waals surface area contributed by atoms with Crippen molar-refractivity contribution in [3.8, 4) is 0 Å². The molecule has 1 atom stereocenters. The van der Waals surface area contributed by atoms with Crippen LogP contribution in [0.1, 0.15) is 11.6 Å². The molecule has 1 rings (SSSR count). The van der Waals surface area contributed by atoms with Crippen molar-refractivity contribution in [3.63, 3.8) is 0 Å². The van der Waals surface area contributed by atoms with E-state index in [1.165, 1.54) is 0 Å². The minimum atomic E-state index is -0.699. The van der Waals surface area contributed by atoms with Crippen LogP contribution in [0.2, 0.25) is 0 Å². The second kappa shape index (κ2) is 8.92. The molecule has 1 aromatic rings. The van der Waals surface area contributed by atoms with Crippen molar-refractivity contribution in [3.05, 3.63) is 35.4 Å². The molecular weight excluding hydrogens is 256 g/mol. The summed E-state index contributed by atoms with van der Waals surface area (Å²) in [7, 11) is 1.59. The van der Waals surface area contributed by atoms with Crippen LogP contribution in [0.4, 0.5) is 8.78 Å². The molecule has 0 aliphatic carbocycles. The van der Waals surface area contributed by atoms with Crippen molar-refractivity contribution >= 4 is 0 Å². The molecule has 0 radical (unpaired) electrons. The van der Waals surface area contributed by atoms with E-state index in [1.807, 2.05) is 0 Å². The van der Waals surface area contributed by atoms with E-state index in [-0.39, 0.29) is 12.2 Å². The van der Waals surface area contributed by atoms with Crippen LogP contribution in [0.5, 0.6) is 0 Å². The highest BCUT2D eigenvalue weighted by Gasteiger charge is 2.12. The van der Waals surface area contributed by atoms with E-state index in [4.69, 9.17) is 19.9 Å². The Balaban J connectivity index is 2.23. The van der Waals surface area contributed by atoms with Crippen LogP contribution in [0, 0.1) is 11.6 Å². The van der Waals surface area contributed by atoms with Crippen molar-refractivity contribution in [1.29, 1.82) is 0 Å². The van der Waals surface area contributed by atoms with Crippen LogP contribution in [0.25, 0.3) is 0 Å². The van der Waals surface area contributed by atoms with E-state index in [9.17, 15) is 8.78 Å². The fraction of sp³-hybridized carbons (Fsp3) is 0.538. The van der Waals surface area contributed by atoms with Crippen LogP contribution in [-0.4, -0.2) is 40.1 Å². The smallest absolute Gasteiger partial charge is 0.128 e. The number of ether oxygens (including phenoxy) is 3. The molecule has 4 nitrogen and oxygen atoms in total. The topological polar surface area (TPSA) is 53.7 Å². The van der Waals surface area contributed by atoms with E-state index in [1.54, 1.807) is 7.11 Å². The van der Waals surface area contributed by atoms with Gasteiger partial charge in [-0.15, -0.1) is 0 Å². The summed E-state index contributed by atoms with van der Waals surface area (Å²) in [4.78, 5) is 0. The van der Waals surface area contributed by atoms with Gasteiger partial charge < -0.3 is 19.9 Å². The van der Waals surface area contributed by atoms with Crippen LogP contribution in [0.3, 0.4) is 0 Å². The Kier molecular flexibility index (Phi) is 7.50. The second-order valence-corrected chi connectivity index (χ2v) is 3.95. The largest absolute Gasteiger partial charge is 0.382 e. The Hall–Kier alpha value is -1.08. The maximum absolute atomic E-state index is 13.4. The summed E-state index contributed by atoms with van der Waals surface area (Å²) >= 11 is 0. The zero-order valence-electron chi connectivity index (χ0n) is 10.9. The lowest BCUT2D eigenvalue weighted by molar-refractivity contribution is 0.0214. The lowest BCUT2D eigenvalue weighted by Gasteiger charge is -2.13. The zero-order valence-corrected chi connectivity index (χ0v) is 10.9.